The number of ketones is 1. The minimum absolute atomic E-state index is 0.0187. The van der Waals surface area contributed by atoms with E-state index < -0.39 is 0 Å². The second-order valence-corrected chi connectivity index (χ2v) is 5.06. The van der Waals surface area contributed by atoms with E-state index in [1.807, 2.05) is 45.0 Å². The molecular formula is C15H22O3. The fourth-order valence-electron chi connectivity index (χ4n) is 1.41. The molecule has 0 aromatic heterocycles. The van der Waals surface area contributed by atoms with Crippen molar-refractivity contribution < 1.29 is 14.3 Å². The maximum atomic E-state index is 11.8. The SMILES string of the molecule is COC(C)(C)CCOCC(=O)c1ccc(C)cc1. The van der Waals surface area contributed by atoms with E-state index in [0.29, 0.717) is 12.2 Å². The third-order valence-electron chi connectivity index (χ3n) is 3.01. The molecule has 100 valence electrons. The fraction of sp³-hybridized carbons (Fsp3) is 0.533. The Morgan fingerprint density at radius 1 is 1.22 bits per heavy atom. The Bertz CT molecular complexity index is 379. The molecule has 0 heterocycles. The van der Waals surface area contributed by atoms with Crippen LogP contribution in [-0.4, -0.2) is 31.7 Å². The van der Waals surface area contributed by atoms with Gasteiger partial charge in [0.05, 0.1) is 5.60 Å². The molecule has 18 heavy (non-hydrogen) atoms. The van der Waals surface area contributed by atoms with Gasteiger partial charge in [-0.2, -0.15) is 0 Å². The average molecular weight is 250 g/mol. The van der Waals surface area contributed by atoms with E-state index in [9.17, 15) is 4.79 Å². The predicted molar refractivity (Wildman–Crippen MR) is 72.0 cm³/mol. The van der Waals surface area contributed by atoms with Crippen LogP contribution in [0.5, 0.6) is 0 Å². The number of aryl methyl sites for hydroxylation is 1. The number of Topliss-reactive ketones (excluding diaryl/α,β-unsaturated/α-hetero) is 1. The monoisotopic (exact) mass is 250 g/mol. The number of rotatable bonds is 7. The molecule has 0 amide bonds. The van der Waals surface area contributed by atoms with E-state index in [1.54, 1.807) is 7.11 Å². The van der Waals surface area contributed by atoms with Crippen molar-refractivity contribution in [1.82, 2.24) is 0 Å². The fourth-order valence-corrected chi connectivity index (χ4v) is 1.41. The molecule has 0 fully saturated rings. The molecule has 0 aliphatic heterocycles. The first kappa shape index (κ1) is 14.9. The largest absolute Gasteiger partial charge is 0.379 e. The maximum absolute atomic E-state index is 11.8. The lowest BCUT2D eigenvalue weighted by Crippen LogP contribution is -2.25. The zero-order valence-electron chi connectivity index (χ0n) is 11.7. The summed E-state index contributed by atoms with van der Waals surface area (Å²) in [7, 11) is 1.68. The summed E-state index contributed by atoms with van der Waals surface area (Å²) in [5, 5.41) is 0. The molecule has 0 unspecified atom stereocenters. The van der Waals surface area contributed by atoms with E-state index in [4.69, 9.17) is 9.47 Å². The molecule has 3 heteroatoms. The number of hydrogen-bond acceptors (Lipinski definition) is 3. The number of hydrogen-bond donors (Lipinski definition) is 0. The van der Waals surface area contributed by atoms with Crippen LogP contribution in [0.15, 0.2) is 24.3 Å². The summed E-state index contributed by atoms with van der Waals surface area (Å²) >= 11 is 0. The highest BCUT2D eigenvalue weighted by atomic mass is 16.5. The first-order chi connectivity index (χ1) is 8.44. The number of carbonyl (C=O) groups is 1. The Hall–Kier alpha value is -1.19. The molecule has 0 atom stereocenters. The van der Waals surface area contributed by atoms with Crippen LogP contribution in [-0.2, 0) is 9.47 Å². The average Bonchev–Trinajstić information content (AvgIpc) is 2.35. The molecule has 0 bridgehead atoms. The summed E-state index contributed by atoms with van der Waals surface area (Å²) in [6.07, 6.45) is 0.769. The van der Waals surface area contributed by atoms with E-state index in [2.05, 4.69) is 0 Å². The van der Waals surface area contributed by atoms with Crippen molar-refractivity contribution in [3.8, 4) is 0 Å². The van der Waals surface area contributed by atoms with Crippen LogP contribution in [0.25, 0.3) is 0 Å². The highest BCUT2D eigenvalue weighted by Gasteiger charge is 2.16. The third kappa shape index (κ3) is 4.98. The van der Waals surface area contributed by atoms with E-state index in [0.717, 1.165) is 12.0 Å². The van der Waals surface area contributed by atoms with Crippen molar-refractivity contribution in [3.63, 3.8) is 0 Å². The van der Waals surface area contributed by atoms with E-state index in [1.165, 1.54) is 0 Å². The van der Waals surface area contributed by atoms with Crippen molar-refractivity contribution in [3.05, 3.63) is 35.4 Å². The standard InChI is InChI=1S/C15H22O3/c1-12-5-7-13(8-6-12)14(16)11-18-10-9-15(2,3)17-4/h5-8H,9-11H2,1-4H3. The lowest BCUT2D eigenvalue weighted by molar-refractivity contribution is -0.00836. The number of benzene rings is 1. The second kappa shape index (κ2) is 6.66. The molecule has 0 aliphatic carbocycles. The molecule has 3 nitrogen and oxygen atoms in total. The molecule has 0 saturated carbocycles. The quantitative estimate of drug-likeness (QED) is 0.551. The lowest BCUT2D eigenvalue weighted by atomic mass is 10.1. The van der Waals surface area contributed by atoms with Crippen molar-refractivity contribution in [1.29, 1.82) is 0 Å². The van der Waals surface area contributed by atoms with Gasteiger partial charge in [0.15, 0.2) is 5.78 Å². The molecule has 0 radical (unpaired) electrons. The minimum atomic E-state index is -0.201. The second-order valence-electron chi connectivity index (χ2n) is 5.06. The smallest absolute Gasteiger partial charge is 0.188 e. The summed E-state index contributed by atoms with van der Waals surface area (Å²) in [6, 6.07) is 7.53. The molecule has 1 aromatic carbocycles. The van der Waals surface area contributed by atoms with Gasteiger partial charge in [0.1, 0.15) is 6.61 Å². The molecule has 1 aromatic rings. The van der Waals surface area contributed by atoms with E-state index >= 15 is 0 Å². The molecule has 0 aliphatic rings. The first-order valence-corrected chi connectivity index (χ1v) is 6.17. The van der Waals surface area contributed by atoms with Crippen molar-refractivity contribution in [2.45, 2.75) is 32.8 Å². The Labute approximate surface area is 109 Å². The van der Waals surface area contributed by atoms with Gasteiger partial charge in [-0.3, -0.25) is 4.79 Å². The van der Waals surface area contributed by atoms with Crippen molar-refractivity contribution in [2.75, 3.05) is 20.3 Å². The predicted octanol–water partition coefficient (Wildman–Crippen LogP) is 3.01. The van der Waals surface area contributed by atoms with Gasteiger partial charge in [-0.25, -0.2) is 0 Å². The molecular weight excluding hydrogens is 228 g/mol. The zero-order chi connectivity index (χ0) is 13.6. The van der Waals surface area contributed by atoms with Gasteiger partial charge in [0, 0.05) is 19.3 Å². The van der Waals surface area contributed by atoms with Crippen LogP contribution in [0.1, 0.15) is 36.2 Å². The van der Waals surface area contributed by atoms with Crippen molar-refractivity contribution in [2.24, 2.45) is 0 Å². The van der Waals surface area contributed by atoms with Gasteiger partial charge in [-0.15, -0.1) is 0 Å². The first-order valence-electron chi connectivity index (χ1n) is 6.17. The molecule has 0 saturated heterocycles. The van der Waals surface area contributed by atoms with Gasteiger partial charge in [-0.05, 0) is 27.2 Å². The summed E-state index contributed by atoms with van der Waals surface area (Å²) in [5.74, 6) is 0.0187. The highest BCUT2D eigenvalue weighted by Crippen LogP contribution is 2.12. The van der Waals surface area contributed by atoms with Crippen LogP contribution in [0.4, 0.5) is 0 Å². The number of ether oxygens (including phenoxy) is 2. The molecule has 1 rings (SSSR count). The maximum Gasteiger partial charge on any atom is 0.188 e. The Kier molecular flexibility index (Phi) is 5.51. The highest BCUT2D eigenvalue weighted by molar-refractivity contribution is 5.97. The Morgan fingerprint density at radius 2 is 1.83 bits per heavy atom. The van der Waals surface area contributed by atoms with Crippen LogP contribution in [0.2, 0.25) is 0 Å². The summed E-state index contributed by atoms with van der Waals surface area (Å²) in [5.41, 5.74) is 1.65. The Morgan fingerprint density at radius 3 is 2.39 bits per heavy atom. The van der Waals surface area contributed by atoms with Crippen molar-refractivity contribution >= 4 is 5.78 Å². The van der Waals surface area contributed by atoms with Crippen LogP contribution in [0, 0.1) is 6.92 Å². The van der Waals surface area contributed by atoms with Crippen LogP contribution in [0.3, 0.4) is 0 Å². The van der Waals surface area contributed by atoms with E-state index in [-0.39, 0.29) is 18.0 Å². The van der Waals surface area contributed by atoms with Crippen LogP contribution < -0.4 is 0 Å². The Balaban J connectivity index is 2.32. The molecule has 0 N–H and O–H groups in total. The lowest BCUT2D eigenvalue weighted by Gasteiger charge is -2.22. The number of methoxy groups -OCH3 is 1. The van der Waals surface area contributed by atoms with Crippen LogP contribution >= 0.6 is 0 Å². The summed E-state index contributed by atoms with van der Waals surface area (Å²) < 4.78 is 10.7. The minimum Gasteiger partial charge on any atom is -0.379 e. The molecule has 0 spiro atoms. The number of carbonyl (C=O) groups excluding carboxylic acids is 1. The summed E-state index contributed by atoms with van der Waals surface area (Å²) in [4.78, 5) is 11.8. The summed E-state index contributed by atoms with van der Waals surface area (Å²) in [6.45, 7) is 6.65. The normalized spacial score (nSPS) is 11.6. The van der Waals surface area contributed by atoms with Gasteiger partial charge in [0.2, 0.25) is 0 Å². The van der Waals surface area contributed by atoms with Gasteiger partial charge in [-0.1, -0.05) is 29.8 Å². The zero-order valence-corrected chi connectivity index (χ0v) is 11.7. The topological polar surface area (TPSA) is 35.5 Å². The van der Waals surface area contributed by atoms with Gasteiger partial charge >= 0.3 is 0 Å². The van der Waals surface area contributed by atoms with Gasteiger partial charge < -0.3 is 9.47 Å². The van der Waals surface area contributed by atoms with Gasteiger partial charge in [0.25, 0.3) is 0 Å². The third-order valence-corrected chi connectivity index (χ3v) is 3.01.